The molecule has 1 fully saturated rings. The van der Waals surface area contributed by atoms with Crippen LogP contribution in [0.1, 0.15) is 49.3 Å². The van der Waals surface area contributed by atoms with E-state index in [1.54, 1.807) is 0 Å². The lowest BCUT2D eigenvalue weighted by Gasteiger charge is -2.27. The smallest absolute Gasteiger partial charge is 0.382 e. The predicted octanol–water partition coefficient (Wildman–Crippen LogP) is 6.44. The molecule has 0 saturated carbocycles. The number of nitrogens with one attached hydrogen (secondary N) is 1. The molecular weight excluding hydrogens is 393 g/mol. The van der Waals surface area contributed by atoms with E-state index in [9.17, 15) is 13.2 Å². The summed E-state index contributed by atoms with van der Waals surface area (Å²) >= 11 is 1.45. The van der Waals surface area contributed by atoms with Crippen molar-refractivity contribution >= 4 is 17.4 Å². The molecule has 2 aliphatic heterocycles. The van der Waals surface area contributed by atoms with Gasteiger partial charge in [0.1, 0.15) is 0 Å². The largest absolute Gasteiger partial charge is 0.416 e. The fraction of sp³-hybridized carbons (Fsp3) is 0.478. The molecule has 0 radical (unpaired) electrons. The topological polar surface area (TPSA) is 15.3 Å². The average Bonchev–Trinajstić information content (AvgIpc) is 2.91. The molecule has 1 saturated heterocycles. The zero-order valence-corrected chi connectivity index (χ0v) is 17.5. The number of rotatable bonds is 4. The Labute approximate surface area is 174 Å². The molecule has 0 aromatic heterocycles. The highest BCUT2D eigenvalue weighted by atomic mass is 32.2. The number of likely N-dealkylation sites (tertiary alicyclic amines) is 1. The van der Waals surface area contributed by atoms with E-state index in [-0.39, 0.29) is 6.04 Å². The second-order valence-electron chi connectivity index (χ2n) is 8.00. The van der Waals surface area contributed by atoms with Crippen molar-refractivity contribution in [3.05, 3.63) is 53.1 Å². The molecule has 0 bridgehead atoms. The van der Waals surface area contributed by atoms with Crippen molar-refractivity contribution in [3.8, 4) is 0 Å². The molecule has 2 aliphatic rings. The van der Waals surface area contributed by atoms with Gasteiger partial charge in [0, 0.05) is 34.5 Å². The van der Waals surface area contributed by atoms with Crippen LogP contribution >= 0.6 is 11.8 Å². The van der Waals surface area contributed by atoms with Crippen molar-refractivity contribution in [2.75, 3.05) is 25.0 Å². The first kappa shape index (κ1) is 20.6. The number of hydrogen-bond acceptors (Lipinski definition) is 3. The number of fused-ring (bicyclic) bond motifs is 2. The van der Waals surface area contributed by atoms with Crippen LogP contribution in [0, 0.1) is 0 Å². The minimum absolute atomic E-state index is 0.214. The quantitative estimate of drug-likeness (QED) is 0.523. The Kier molecular flexibility index (Phi) is 6.11. The first-order chi connectivity index (χ1) is 13.9. The highest BCUT2D eigenvalue weighted by molar-refractivity contribution is 7.99. The summed E-state index contributed by atoms with van der Waals surface area (Å²) in [5.74, 6) is 0. The zero-order chi connectivity index (χ0) is 20.4. The Hall–Kier alpha value is -1.66. The molecule has 0 aliphatic carbocycles. The Morgan fingerprint density at radius 1 is 1.10 bits per heavy atom. The fourth-order valence-corrected chi connectivity index (χ4v) is 5.48. The number of hydrogen-bond donors (Lipinski definition) is 1. The Balaban J connectivity index is 1.62. The van der Waals surface area contributed by atoms with Crippen molar-refractivity contribution < 1.29 is 13.2 Å². The molecule has 1 unspecified atom stereocenters. The van der Waals surface area contributed by atoms with Crippen LogP contribution in [-0.2, 0) is 12.6 Å². The Morgan fingerprint density at radius 3 is 2.72 bits per heavy atom. The number of nitrogens with zero attached hydrogens (tertiary/aromatic N) is 1. The molecule has 1 atom stereocenters. The van der Waals surface area contributed by atoms with Crippen molar-refractivity contribution in [2.24, 2.45) is 0 Å². The van der Waals surface area contributed by atoms with Gasteiger partial charge in [0.2, 0.25) is 0 Å². The predicted molar refractivity (Wildman–Crippen MR) is 113 cm³/mol. The van der Waals surface area contributed by atoms with Gasteiger partial charge in [-0.3, -0.25) is 0 Å². The maximum atomic E-state index is 13.6. The van der Waals surface area contributed by atoms with Gasteiger partial charge in [-0.05, 0) is 68.1 Å². The third-order valence-corrected chi connectivity index (χ3v) is 7.02. The molecule has 156 valence electrons. The third-order valence-electron chi connectivity index (χ3n) is 5.82. The van der Waals surface area contributed by atoms with Crippen molar-refractivity contribution in [3.63, 3.8) is 0 Å². The first-order valence-corrected chi connectivity index (χ1v) is 11.2. The van der Waals surface area contributed by atoms with Gasteiger partial charge in [-0.15, -0.1) is 0 Å². The molecule has 4 rings (SSSR count). The highest BCUT2D eigenvalue weighted by Gasteiger charge is 2.33. The molecule has 2 aromatic carbocycles. The maximum absolute atomic E-state index is 13.6. The SMILES string of the molecule is CCCN1CCCC(Nc2cc(C(F)(F)F)cc3c2Cc2ccccc2S3)CC1. The van der Waals surface area contributed by atoms with Gasteiger partial charge in [0.25, 0.3) is 0 Å². The minimum Gasteiger partial charge on any atom is -0.382 e. The van der Waals surface area contributed by atoms with E-state index in [1.165, 1.54) is 29.5 Å². The van der Waals surface area contributed by atoms with Gasteiger partial charge < -0.3 is 10.2 Å². The van der Waals surface area contributed by atoms with E-state index in [0.29, 0.717) is 12.1 Å². The van der Waals surface area contributed by atoms with Crippen LogP contribution in [0.25, 0.3) is 0 Å². The molecule has 0 spiro atoms. The van der Waals surface area contributed by atoms with Crippen LogP contribution in [0.4, 0.5) is 18.9 Å². The van der Waals surface area contributed by atoms with Gasteiger partial charge in [-0.25, -0.2) is 0 Å². The third kappa shape index (κ3) is 4.75. The van der Waals surface area contributed by atoms with Crippen LogP contribution in [0.15, 0.2) is 46.2 Å². The molecule has 2 heterocycles. The summed E-state index contributed by atoms with van der Waals surface area (Å²) in [5, 5.41) is 3.51. The van der Waals surface area contributed by atoms with Gasteiger partial charge >= 0.3 is 6.18 Å². The molecule has 2 aromatic rings. The standard InChI is InChI=1S/C23H27F3N2S/c1-2-10-28-11-5-7-18(9-12-28)27-20-14-17(23(24,25)26)15-22-19(20)13-16-6-3-4-8-21(16)29-22/h3-4,6,8,14-15,18,27H,2,5,7,9-13H2,1H3. The van der Waals surface area contributed by atoms with Gasteiger partial charge in [0.05, 0.1) is 5.56 Å². The second-order valence-corrected chi connectivity index (χ2v) is 9.08. The molecule has 6 heteroatoms. The Morgan fingerprint density at radius 2 is 1.93 bits per heavy atom. The first-order valence-electron chi connectivity index (χ1n) is 10.4. The average molecular weight is 421 g/mol. The lowest BCUT2D eigenvalue weighted by Crippen LogP contribution is -2.27. The molecule has 29 heavy (non-hydrogen) atoms. The number of alkyl halides is 3. The van der Waals surface area contributed by atoms with Crippen LogP contribution in [0.2, 0.25) is 0 Å². The van der Waals surface area contributed by atoms with Crippen LogP contribution in [0.3, 0.4) is 0 Å². The van der Waals surface area contributed by atoms with E-state index in [2.05, 4.69) is 23.2 Å². The van der Waals surface area contributed by atoms with Crippen molar-refractivity contribution in [1.29, 1.82) is 0 Å². The van der Waals surface area contributed by atoms with Gasteiger partial charge in [-0.1, -0.05) is 36.9 Å². The minimum atomic E-state index is -4.34. The highest BCUT2D eigenvalue weighted by Crippen LogP contribution is 2.45. The molecule has 0 amide bonds. The number of anilines is 1. The number of benzene rings is 2. The summed E-state index contributed by atoms with van der Waals surface area (Å²) in [6, 6.07) is 10.8. The van der Waals surface area contributed by atoms with E-state index in [1.807, 2.05) is 18.2 Å². The Bertz CT molecular complexity index is 866. The fourth-order valence-electron chi connectivity index (χ4n) is 4.33. The molecule has 1 N–H and O–H groups in total. The summed E-state index contributed by atoms with van der Waals surface area (Å²) in [7, 11) is 0. The van der Waals surface area contributed by atoms with Crippen LogP contribution in [0.5, 0.6) is 0 Å². The summed E-state index contributed by atoms with van der Waals surface area (Å²) in [6.45, 7) is 5.37. The van der Waals surface area contributed by atoms with Crippen LogP contribution in [-0.4, -0.2) is 30.6 Å². The summed E-state index contributed by atoms with van der Waals surface area (Å²) in [5.41, 5.74) is 2.27. The molecule has 2 nitrogen and oxygen atoms in total. The molecular formula is C23H27F3N2S. The summed E-state index contributed by atoms with van der Waals surface area (Å²) in [4.78, 5) is 4.24. The monoisotopic (exact) mass is 420 g/mol. The summed E-state index contributed by atoms with van der Waals surface area (Å²) in [6.07, 6.45) is 0.508. The lowest BCUT2D eigenvalue weighted by atomic mass is 9.99. The van der Waals surface area contributed by atoms with Crippen molar-refractivity contribution in [2.45, 2.75) is 61.0 Å². The van der Waals surface area contributed by atoms with Gasteiger partial charge in [-0.2, -0.15) is 13.2 Å². The van der Waals surface area contributed by atoms with Gasteiger partial charge in [0.15, 0.2) is 0 Å². The van der Waals surface area contributed by atoms with Crippen LogP contribution < -0.4 is 5.32 Å². The second kappa shape index (κ2) is 8.60. The summed E-state index contributed by atoms with van der Waals surface area (Å²) < 4.78 is 40.7. The normalized spacial score (nSPS) is 19.9. The lowest BCUT2D eigenvalue weighted by molar-refractivity contribution is -0.137. The van der Waals surface area contributed by atoms with E-state index >= 15 is 0 Å². The van der Waals surface area contributed by atoms with E-state index < -0.39 is 11.7 Å². The van der Waals surface area contributed by atoms with Crippen molar-refractivity contribution in [1.82, 2.24) is 4.90 Å². The number of halogens is 3. The maximum Gasteiger partial charge on any atom is 0.416 e. The van der Waals surface area contributed by atoms with E-state index in [0.717, 1.165) is 60.7 Å². The zero-order valence-electron chi connectivity index (χ0n) is 16.7. The van der Waals surface area contributed by atoms with E-state index in [4.69, 9.17) is 0 Å².